The second kappa shape index (κ2) is 5.37. The van der Waals surface area contributed by atoms with Gasteiger partial charge in [0.05, 0.1) is 17.1 Å². The van der Waals surface area contributed by atoms with Crippen LogP contribution in [0.1, 0.15) is 30.2 Å². The summed E-state index contributed by atoms with van der Waals surface area (Å²) in [5.74, 6) is -2.50. The highest BCUT2D eigenvalue weighted by Crippen LogP contribution is 2.29. The largest absolute Gasteiger partial charge is 0.534 e. The normalized spacial score (nSPS) is 12.8. The Bertz CT molecular complexity index is 873. The number of carboxylic acids is 1. The quantitative estimate of drug-likeness (QED) is 0.660. The molecule has 0 aliphatic heterocycles. The Kier molecular flexibility index (Phi) is 3.96. The van der Waals surface area contributed by atoms with Crippen LogP contribution in [0.5, 0.6) is 5.88 Å². The predicted octanol–water partition coefficient (Wildman–Crippen LogP) is 1.94. The van der Waals surface area contributed by atoms with Gasteiger partial charge in [0.2, 0.25) is 5.88 Å². The molecule has 0 bridgehead atoms. The molecular formula is C11H10F3N3O5S. The van der Waals surface area contributed by atoms with Gasteiger partial charge in [0.15, 0.2) is 5.65 Å². The van der Waals surface area contributed by atoms with E-state index in [1.54, 1.807) is 13.8 Å². The lowest BCUT2D eigenvalue weighted by Crippen LogP contribution is -2.28. The molecular weight excluding hydrogens is 343 g/mol. The summed E-state index contributed by atoms with van der Waals surface area (Å²) in [6.45, 7) is 3.35. The molecule has 2 rings (SSSR count). The minimum atomic E-state index is -5.96. The van der Waals surface area contributed by atoms with Crippen molar-refractivity contribution in [3.05, 3.63) is 17.8 Å². The van der Waals surface area contributed by atoms with Crippen LogP contribution in [0.15, 0.2) is 12.3 Å². The SMILES string of the molecule is CC(C)n1ncc2c(C(=O)O)cc(OS(=O)(=O)C(F)(F)F)nc21. The number of carbonyl (C=O) groups is 1. The smallest absolute Gasteiger partial charge is 0.478 e. The van der Waals surface area contributed by atoms with E-state index in [-0.39, 0.29) is 17.1 Å². The van der Waals surface area contributed by atoms with Gasteiger partial charge in [-0.2, -0.15) is 31.7 Å². The monoisotopic (exact) mass is 353 g/mol. The third-order valence-corrected chi connectivity index (χ3v) is 3.70. The summed E-state index contributed by atoms with van der Waals surface area (Å²) >= 11 is 0. The van der Waals surface area contributed by atoms with Crippen LogP contribution in [0.2, 0.25) is 0 Å². The Labute approximate surface area is 127 Å². The highest BCUT2D eigenvalue weighted by atomic mass is 32.2. The van der Waals surface area contributed by atoms with Crippen molar-refractivity contribution in [2.24, 2.45) is 0 Å². The Morgan fingerprint density at radius 3 is 2.48 bits per heavy atom. The van der Waals surface area contributed by atoms with Crippen LogP contribution in [0.4, 0.5) is 13.2 Å². The van der Waals surface area contributed by atoms with Crippen molar-refractivity contribution in [1.82, 2.24) is 14.8 Å². The van der Waals surface area contributed by atoms with Gasteiger partial charge in [0.25, 0.3) is 0 Å². The molecule has 0 fully saturated rings. The van der Waals surface area contributed by atoms with E-state index in [1.165, 1.54) is 10.9 Å². The maximum Gasteiger partial charge on any atom is 0.534 e. The fraction of sp³-hybridized carbons (Fsp3) is 0.364. The molecule has 0 aromatic carbocycles. The fourth-order valence-electron chi connectivity index (χ4n) is 1.75. The van der Waals surface area contributed by atoms with Crippen LogP contribution < -0.4 is 4.18 Å². The molecule has 2 aromatic heterocycles. The van der Waals surface area contributed by atoms with Crippen LogP contribution in [-0.4, -0.2) is 39.8 Å². The maximum atomic E-state index is 12.4. The number of fused-ring (bicyclic) bond motifs is 1. The first kappa shape index (κ1) is 17.0. The van der Waals surface area contributed by atoms with Gasteiger partial charge in [0, 0.05) is 12.1 Å². The van der Waals surface area contributed by atoms with Crippen LogP contribution >= 0.6 is 0 Å². The van der Waals surface area contributed by atoms with E-state index in [2.05, 4.69) is 14.3 Å². The van der Waals surface area contributed by atoms with Gasteiger partial charge in [0.1, 0.15) is 0 Å². The third-order valence-electron chi connectivity index (χ3n) is 2.74. The van der Waals surface area contributed by atoms with Crippen molar-refractivity contribution in [3.63, 3.8) is 0 Å². The topological polar surface area (TPSA) is 111 Å². The molecule has 0 aliphatic rings. The minimum absolute atomic E-state index is 0.0444. The number of hydrogen-bond acceptors (Lipinski definition) is 6. The first-order chi connectivity index (χ1) is 10.4. The van der Waals surface area contributed by atoms with Crippen molar-refractivity contribution in [3.8, 4) is 5.88 Å². The minimum Gasteiger partial charge on any atom is -0.478 e. The van der Waals surface area contributed by atoms with Gasteiger partial charge in [-0.05, 0) is 13.8 Å². The van der Waals surface area contributed by atoms with Gasteiger partial charge < -0.3 is 9.29 Å². The van der Waals surface area contributed by atoms with Gasteiger partial charge >= 0.3 is 21.6 Å². The molecule has 0 aliphatic carbocycles. The predicted molar refractivity (Wildman–Crippen MR) is 70.5 cm³/mol. The van der Waals surface area contributed by atoms with Gasteiger partial charge in [-0.3, -0.25) is 0 Å². The molecule has 0 amide bonds. The number of hydrogen-bond donors (Lipinski definition) is 1. The Balaban J connectivity index is 2.66. The summed E-state index contributed by atoms with van der Waals surface area (Å²) in [5, 5.41) is 13.1. The van der Waals surface area contributed by atoms with E-state index < -0.39 is 33.0 Å². The van der Waals surface area contributed by atoms with Gasteiger partial charge in [-0.15, -0.1) is 0 Å². The fourth-order valence-corrected chi connectivity index (χ4v) is 2.16. The highest BCUT2D eigenvalue weighted by molar-refractivity contribution is 7.87. The summed E-state index contributed by atoms with van der Waals surface area (Å²) in [7, 11) is -5.96. The zero-order chi connectivity index (χ0) is 17.6. The molecule has 8 nitrogen and oxygen atoms in total. The first-order valence-electron chi connectivity index (χ1n) is 6.06. The van der Waals surface area contributed by atoms with Crippen LogP contribution in [0.25, 0.3) is 11.0 Å². The van der Waals surface area contributed by atoms with Crippen molar-refractivity contribution in [2.75, 3.05) is 0 Å². The molecule has 2 aromatic rings. The summed E-state index contributed by atoms with van der Waals surface area (Å²) < 4.78 is 64.3. The number of aromatic carboxylic acids is 1. The first-order valence-corrected chi connectivity index (χ1v) is 7.47. The lowest BCUT2D eigenvalue weighted by atomic mass is 10.2. The molecule has 23 heavy (non-hydrogen) atoms. The number of pyridine rings is 1. The summed E-state index contributed by atoms with van der Waals surface area (Å²) in [4.78, 5) is 14.9. The van der Waals surface area contributed by atoms with Crippen LogP contribution in [0, 0.1) is 0 Å². The van der Waals surface area contributed by atoms with E-state index in [0.717, 1.165) is 0 Å². The summed E-state index contributed by atoms with van der Waals surface area (Å²) in [6.07, 6.45) is 1.17. The molecule has 0 unspecified atom stereocenters. The number of carboxylic acid groups (broad SMARTS) is 1. The standard InChI is InChI=1S/C11H10F3N3O5S/c1-5(2)17-9-7(4-15-17)6(10(18)19)3-8(16-9)22-23(20,21)11(12,13)14/h3-5H,1-2H3,(H,18,19). The Morgan fingerprint density at radius 2 is 2.00 bits per heavy atom. The number of halogens is 3. The molecule has 0 saturated heterocycles. The average Bonchev–Trinajstić information content (AvgIpc) is 2.79. The number of alkyl halides is 3. The molecule has 0 spiro atoms. The molecule has 2 heterocycles. The van der Waals surface area contributed by atoms with E-state index in [0.29, 0.717) is 6.07 Å². The summed E-state index contributed by atoms with van der Waals surface area (Å²) in [6, 6.07) is 0.302. The lowest BCUT2D eigenvalue weighted by Gasteiger charge is -2.11. The highest BCUT2D eigenvalue weighted by Gasteiger charge is 2.49. The van der Waals surface area contributed by atoms with Gasteiger partial charge in [-0.1, -0.05) is 0 Å². The molecule has 0 radical (unpaired) electrons. The zero-order valence-electron chi connectivity index (χ0n) is 11.7. The van der Waals surface area contributed by atoms with Crippen molar-refractivity contribution in [1.29, 1.82) is 0 Å². The Morgan fingerprint density at radius 1 is 1.39 bits per heavy atom. The molecule has 0 saturated carbocycles. The van der Waals surface area contributed by atoms with Crippen LogP contribution in [0.3, 0.4) is 0 Å². The van der Waals surface area contributed by atoms with E-state index >= 15 is 0 Å². The third kappa shape index (κ3) is 3.06. The van der Waals surface area contributed by atoms with Crippen LogP contribution in [-0.2, 0) is 10.1 Å². The lowest BCUT2D eigenvalue weighted by molar-refractivity contribution is -0.0501. The second-order valence-corrected chi connectivity index (χ2v) is 6.25. The summed E-state index contributed by atoms with van der Waals surface area (Å²) in [5.41, 5.74) is -6.24. The molecule has 1 N–H and O–H groups in total. The molecule has 126 valence electrons. The van der Waals surface area contributed by atoms with E-state index in [1.807, 2.05) is 0 Å². The number of aromatic nitrogens is 3. The Hall–Kier alpha value is -2.37. The maximum absolute atomic E-state index is 12.4. The van der Waals surface area contributed by atoms with Gasteiger partial charge in [-0.25, -0.2) is 9.48 Å². The number of nitrogens with zero attached hydrogens (tertiary/aromatic N) is 3. The van der Waals surface area contributed by atoms with Crippen molar-refractivity contribution >= 4 is 27.1 Å². The van der Waals surface area contributed by atoms with Crippen molar-refractivity contribution in [2.45, 2.75) is 25.4 Å². The van der Waals surface area contributed by atoms with E-state index in [9.17, 15) is 26.4 Å². The van der Waals surface area contributed by atoms with E-state index in [4.69, 9.17) is 5.11 Å². The molecule has 12 heteroatoms. The second-order valence-electron chi connectivity index (χ2n) is 4.72. The molecule has 0 atom stereocenters. The number of rotatable bonds is 4. The average molecular weight is 353 g/mol. The zero-order valence-corrected chi connectivity index (χ0v) is 12.5. The van der Waals surface area contributed by atoms with Crippen molar-refractivity contribution < 1.29 is 35.7 Å².